The number of rotatable bonds is 4. The molecule has 5 heteroatoms. The van der Waals surface area contributed by atoms with Crippen LogP contribution in [0.25, 0.3) is 5.57 Å². The number of pyridine rings is 1. The lowest BCUT2D eigenvalue weighted by atomic mass is 9.95. The number of amides is 1. The first-order valence-electron chi connectivity index (χ1n) is 8.93. The fourth-order valence-corrected chi connectivity index (χ4v) is 3.43. The average Bonchev–Trinajstić information content (AvgIpc) is 3.11. The Morgan fingerprint density at radius 2 is 2.00 bits per heavy atom. The summed E-state index contributed by atoms with van der Waals surface area (Å²) in [4.78, 5) is 28.3. The predicted octanol–water partition coefficient (Wildman–Crippen LogP) is 3.89. The molecule has 0 spiro atoms. The lowest BCUT2D eigenvalue weighted by Crippen LogP contribution is -2.25. The van der Waals surface area contributed by atoms with Crippen LogP contribution in [-0.2, 0) is 11.2 Å². The molecule has 3 rings (SSSR count). The maximum atomic E-state index is 12.0. The summed E-state index contributed by atoms with van der Waals surface area (Å²) >= 11 is 5.89. The molecule has 26 heavy (non-hydrogen) atoms. The summed E-state index contributed by atoms with van der Waals surface area (Å²) in [6.45, 7) is 5.21. The third-order valence-corrected chi connectivity index (χ3v) is 5.19. The molecule has 0 unspecified atom stereocenters. The molecule has 0 aliphatic carbocycles. The third kappa shape index (κ3) is 4.07. The SMILES string of the molecule is CCc1ccc(/C(=C/[C@H]2CCN(C(C)=O)C2)c2ccc(Cl)c(=O)[nH]2)cc1. The van der Waals surface area contributed by atoms with Gasteiger partial charge in [0, 0.05) is 31.3 Å². The molecule has 1 aliphatic rings. The van der Waals surface area contributed by atoms with E-state index < -0.39 is 0 Å². The van der Waals surface area contributed by atoms with E-state index in [-0.39, 0.29) is 22.4 Å². The van der Waals surface area contributed by atoms with Gasteiger partial charge in [-0.1, -0.05) is 48.9 Å². The first-order chi connectivity index (χ1) is 12.5. The van der Waals surface area contributed by atoms with Crippen LogP contribution in [0.15, 0.2) is 47.3 Å². The molecule has 136 valence electrons. The Bertz CT molecular complexity index is 884. The van der Waals surface area contributed by atoms with Crippen molar-refractivity contribution in [2.24, 2.45) is 5.92 Å². The van der Waals surface area contributed by atoms with Crippen LogP contribution in [-0.4, -0.2) is 28.9 Å². The fraction of sp³-hybridized carbons (Fsp3) is 0.333. The van der Waals surface area contributed by atoms with Gasteiger partial charge in [0.25, 0.3) is 5.56 Å². The minimum absolute atomic E-state index is 0.106. The first-order valence-corrected chi connectivity index (χ1v) is 9.31. The Morgan fingerprint density at radius 1 is 1.27 bits per heavy atom. The van der Waals surface area contributed by atoms with Gasteiger partial charge >= 0.3 is 0 Å². The number of likely N-dealkylation sites (tertiary alicyclic amines) is 1. The molecule has 1 atom stereocenters. The number of aromatic nitrogens is 1. The second-order valence-electron chi connectivity index (χ2n) is 6.69. The monoisotopic (exact) mass is 370 g/mol. The van der Waals surface area contributed by atoms with E-state index in [9.17, 15) is 9.59 Å². The minimum Gasteiger partial charge on any atom is -0.342 e. The van der Waals surface area contributed by atoms with Gasteiger partial charge in [0.1, 0.15) is 5.02 Å². The Kier molecular flexibility index (Phi) is 5.62. The normalized spacial score (nSPS) is 17.6. The second kappa shape index (κ2) is 7.92. The van der Waals surface area contributed by atoms with Crippen molar-refractivity contribution in [3.63, 3.8) is 0 Å². The molecule has 2 aromatic rings. The smallest absolute Gasteiger partial charge is 0.267 e. The van der Waals surface area contributed by atoms with E-state index in [2.05, 4.69) is 42.2 Å². The van der Waals surface area contributed by atoms with Gasteiger partial charge in [-0.05, 0) is 42.0 Å². The van der Waals surface area contributed by atoms with Crippen LogP contribution in [0.1, 0.15) is 37.1 Å². The Hall–Kier alpha value is -2.33. The summed E-state index contributed by atoms with van der Waals surface area (Å²) < 4.78 is 0. The lowest BCUT2D eigenvalue weighted by molar-refractivity contribution is -0.127. The number of hydrogen-bond donors (Lipinski definition) is 1. The van der Waals surface area contributed by atoms with Crippen molar-refractivity contribution >= 4 is 23.1 Å². The van der Waals surface area contributed by atoms with Gasteiger partial charge in [-0.2, -0.15) is 0 Å². The summed E-state index contributed by atoms with van der Waals surface area (Å²) in [6.07, 6.45) is 4.07. The Labute approximate surface area is 158 Å². The molecule has 0 saturated carbocycles. The van der Waals surface area contributed by atoms with Crippen LogP contribution in [0.5, 0.6) is 0 Å². The molecule has 1 saturated heterocycles. The van der Waals surface area contributed by atoms with Crippen LogP contribution in [0, 0.1) is 5.92 Å². The molecule has 1 aromatic carbocycles. The van der Waals surface area contributed by atoms with Crippen LogP contribution in [0.3, 0.4) is 0 Å². The molecule has 1 fully saturated rings. The summed E-state index contributed by atoms with van der Waals surface area (Å²) in [5.74, 6) is 0.369. The molecular formula is C21H23ClN2O2. The van der Waals surface area contributed by atoms with Gasteiger partial charge in [-0.15, -0.1) is 0 Å². The molecule has 1 N–H and O–H groups in total. The van der Waals surface area contributed by atoms with Crippen molar-refractivity contribution in [1.82, 2.24) is 9.88 Å². The van der Waals surface area contributed by atoms with E-state index in [1.165, 1.54) is 5.56 Å². The predicted molar refractivity (Wildman–Crippen MR) is 105 cm³/mol. The van der Waals surface area contributed by atoms with Crippen molar-refractivity contribution in [2.75, 3.05) is 13.1 Å². The van der Waals surface area contributed by atoms with Crippen molar-refractivity contribution < 1.29 is 4.79 Å². The highest BCUT2D eigenvalue weighted by molar-refractivity contribution is 6.30. The van der Waals surface area contributed by atoms with Crippen molar-refractivity contribution in [1.29, 1.82) is 0 Å². The van der Waals surface area contributed by atoms with Gasteiger partial charge < -0.3 is 9.88 Å². The van der Waals surface area contributed by atoms with E-state index in [0.29, 0.717) is 6.54 Å². The third-order valence-electron chi connectivity index (χ3n) is 4.90. The standard InChI is InChI=1S/C21H23ClN2O2/c1-3-15-4-6-17(7-5-15)18(20-9-8-19(22)21(26)23-20)12-16-10-11-24(13-16)14(2)25/h4-9,12,16H,3,10-11,13H2,1-2H3,(H,23,26)/b18-12-/t16-/m1/s1. The molecule has 1 amide bonds. The molecule has 1 aromatic heterocycles. The Morgan fingerprint density at radius 3 is 2.58 bits per heavy atom. The number of nitrogens with one attached hydrogen (secondary N) is 1. The number of carbonyl (C=O) groups is 1. The molecule has 0 radical (unpaired) electrons. The van der Waals surface area contributed by atoms with Crippen LogP contribution in [0.2, 0.25) is 5.02 Å². The lowest BCUT2D eigenvalue weighted by Gasteiger charge is -2.14. The van der Waals surface area contributed by atoms with Crippen LogP contribution < -0.4 is 5.56 Å². The zero-order valence-corrected chi connectivity index (χ0v) is 15.8. The van der Waals surface area contributed by atoms with Crippen molar-refractivity contribution in [3.05, 3.63) is 74.7 Å². The summed E-state index contributed by atoms with van der Waals surface area (Å²) in [5, 5.41) is 0.179. The van der Waals surface area contributed by atoms with E-state index in [4.69, 9.17) is 11.6 Å². The summed E-state index contributed by atoms with van der Waals surface area (Å²) in [6, 6.07) is 11.8. The number of benzene rings is 1. The van der Waals surface area contributed by atoms with Gasteiger partial charge in [0.15, 0.2) is 0 Å². The average molecular weight is 371 g/mol. The first kappa shape index (κ1) is 18.5. The highest BCUT2D eigenvalue weighted by Gasteiger charge is 2.23. The quantitative estimate of drug-likeness (QED) is 0.887. The maximum absolute atomic E-state index is 12.0. The molecule has 1 aliphatic heterocycles. The van der Waals surface area contributed by atoms with Crippen molar-refractivity contribution in [2.45, 2.75) is 26.7 Å². The highest BCUT2D eigenvalue weighted by atomic mass is 35.5. The second-order valence-corrected chi connectivity index (χ2v) is 7.10. The number of nitrogens with zero attached hydrogens (tertiary/aromatic N) is 1. The molecule has 4 nitrogen and oxygen atoms in total. The highest BCUT2D eigenvalue weighted by Crippen LogP contribution is 2.28. The van der Waals surface area contributed by atoms with Crippen LogP contribution >= 0.6 is 11.6 Å². The number of aromatic amines is 1. The number of carbonyl (C=O) groups excluding carboxylic acids is 1. The van der Waals surface area contributed by atoms with Gasteiger partial charge in [-0.3, -0.25) is 9.59 Å². The summed E-state index contributed by atoms with van der Waals surface area (Å²) in [5.41, 5.74) is 3.72. The number of halogens is 1. The largest absolute Gasteiger partial charge is 0.342 e. The maximum Gasteiger partial charge on any atom is 0.267 e. The molecule has 0 bridgehead atoms. The van der Waals surface area contributed by atoms with Gasteiger partial charge in [0.05, 0.1) is 0 Å². The van der Waals surface area contributed by atoms with Crippen LogP contribution in [0.4, 0.5) is 0 Å². The van der Waals surface area contributed by atoms with Crippen molar-refractivity contribution in [3.8, 4) is 0 Å². The number of H-pyrrole nitrogens is 1. The molecular weight excluding hydrogens is 348 g/mol. The van der Waals surface area contributed by atoms with E-state index >= 15 is 0 Å². The number of hydrogen-bond acceptors (Lipinski definition) is 2. The van der Waals surface area contributed by atoms with E-state index in [1.807, 2.05) is 11.0 Å². The minimum atomic E-state index is -0.294. The van der Waals surface area contributed by atoms with E-state index in [1.54, 1.807) is 13.0 Å². The van der Waals surface area contributed by atoms with Gasteiger partial charge in [-0.25, -0.2) is 0 Å². The fourth-order valence-electron chi connectivity index (χ4n) is 3.32. The number of aryl methyl sites for hydroxylation is 1. The zero-order valence-electron chi connectivity index (χ0n) is 15.1. The summed E-state index contributed by atoms with van der Waals surface area (Å²) in [7, 11) is 0. The van der Waals surface area contributed by atoms with Gasteiger partial charge in [0.2, 0.25) is 5.91 Å². The Balaban J connectivity index is 2.00. The van der Waals surface area contributed by atoms with E-state index in [0.717, 1.165) is 36.2 Å². The zero-order chi connectivity index (χ0) is 18.7. The molecule has 2 heterocycles. The topological polar surface area (TPSA) is 53.2 Å².